The van der Waals surface area contributed by atoms with E-state index in [1.807, 2.05) is 0 Å². The number of carboxylic acids is 1. The van der Waals surface area contributed by atoms with Crippen molar-refractivity contribution in [1.82, 2.24) is 0 Å². The van der Waals surface area contributed by atoms with E-state index in [4.69, 9.17) is 5.11 Å². The Hall–Kier alpha value is 0.0934. The minimum Gasteiger partial charge on any atom is -0.481 e. The molecule has 0 amide bonds. The van der Waals surface area contributed by atoms with Gasteiger partial charge >= 0.3 is 5.97 Å². The molecule has 1 saturated carbocycles. The summed E-state index contributed by atoms with van der Waals surface area (Å²) in [5.41, 5.74) is 0.247. The molecule has 72 valence electrons. The van der Waals surface area contributed by atoms with Crippen molar-refractivity contribution in [2.24, 2.45) is 11.3 Å². The van der Waals surface area contributed by atoms with Crippen LogP contribution in [0, 0.1) is 11.3 Å². The van der Waals surface area contributed by atoms with Crippen LogP contribution in [0.25, 0.3) is 0 Å². The molecule has 1 aliphatic rings. The van der Waals surface area contributed by atoms with Crippen LogP contribution in [0.1, 0.15) is 46.0 Å². The van der Waals surface area contributed by atoms with Crippen molar-refractivity contribution >= 4 is 5.97 Å². The van der Waals surface area contributed by atoms with Crippen LogP contribution >= 0.6 is 0 Å². The fourth-order valence-electron chi connectivity index (χ4n) is 2.16. The Morgan fingerprint density at radius 3 is 2.54 bits per heavy atom. The van der Waals surface area contributed by atoms with Crippen LogP contribution in [0.3, 0.4) is 0 Å². The molecule has 1 N–H and O–H groups in total. The van der Waals surface area contributed by atoms with Crippen molar-refractivity contribution in [2.45, 2.75) is 46.0 Å². The predicted octanol–water partition coefficient (Wildman–Crippen LogP) is 2.68. The van der Waals surface area contributed by atoms with Gasteiger partial charge in [-0.3, -0.25) is 4.79 Å². The van der Waals surface area contributed by atoms with E-state index in [2.05, 4.69) is 13.8 Å². The Bertz CT molecular complexity index is 178. The molecule has 0 aliphatic heterocycles. The SMILES string of the molecule is CC1(C)CCCCC1CC(=O)O.[Zn]. The molecule has 0 bridgehead atoms. The van der Waals surface area contributed by atoms with Crippen molar-refractivity contribution in [3.05, 3.63) is 0 Å². The van der Waals surface area contributed by atoms with E-state index in [0.717, 1.165) is 6.42 Å². The van der Waals surface area contributed by atoms with Gasteiger partial charge in [0.1, 0.15) is 0 Å². The molecule has 2 nitrogen and oxygen atoms in total. The van der Waals surface area contributed by atoms with Crippen LogP contribution in [0.15, 0.2) is 0 Å². The summed E-state index contributed by atoms with van der Waals surface area (Å²) in [5.74, 6) is -0.251. The first-order valence-corrected chi connectivity index (χ1v) is 4.74. The van der Waals surface area contributed by atoms with Gasteiger partial charge in [-0.1, -0.05) is 26.7 Å². The summed E-state index contributed by atoms with van der Waals surface area (Å²) in [6, 6.07) is 0. The Kier molecular flexibility index (Phi) is 5.13. The van der Waals surface area contributed by atoms with Crippen molar-refractivity contribution in [1.29, 1.82) is 0 Å². The molecule has 3 heteroatoms. The molecule has 13 heavy (non-hydrogen) atoms. The van der Waals surface area contributed by atoms with Gasteiger partial charge in [-0.2, -0.15) is 0 Å². The van der Waals surface area contributed by atoms with Crippen molar-refractivity contribution < 1.29 is 29.4 Å². The number of rotatable bonds is 2. The van der Waals surface area contributed by atoms with Crippen molar-refractivity contribution in [2.75, 3.05) is 0 Å². The minimum absolute atomic E-state index is 0. The summed E-state index contributed by atoms with van der Waals surface area (Å²) >= 11 is 0. The van der Waals surface area contributed by atoms with E-state index >= 15 is 0 Å². The molecule has 1 rings (SSSR count). The molecule has 1 aliphatic carbocycles. The maximum Gasteiger partial charge on any atom is 0.303 e. The van der Waals surface area contributed by atoms with Gasteiger partial charge in [0.15, 0.2) is 0 Å². The van der Waals surface area contributed by atoms with Crippen LogP contribution in [0.2, 0.25) is 0 Å². The zero-order chi connectivity index (χ0) is 9.19. The van der Waals surface area contributed by atoms with Gasteiger partial charge in [-0.25, -0.2) is 0 Å². The molecule has 0 radical (unpaired) electrons. The third-order valence-corrected chi connectivity index (χ3v) is 3.15. The molecule has 0 heterocycles. The fraction of sp³-hybridized carbons (Fsp3) is 0.900. The Morgan fingerprint density at radius 2 is 2.08 bits per heavy atom. The monoisotopic (exact) mass is 234 g/mol. The van der Waals surface area contributed by atoms with Crippen LogP contribution in [-0.2, 0) is 24.3 Å². The molecule has 0 aromatic heterocycles. The molecule has 0 spiro atoms. The average molecular weight is 236 g/mol. The van der Waals surface area contributed by atoms with Gasteiger partial charge in [0.05, 0.1) is 0 Å². The molecule has 0 aromatic rings. The van der Waals surface area contributed by atoms with E-state index in [9.17, 15) is 4.79 Å². The summed E-state index contributed by atoms with van der Waals surface area (Å²) in [4.78, 5) is 10.6. The van der Waals surface area contributed by atoms with Gasteiger partial charge in [-0.05, 0) is 24.2 Å². The summed E-state index contributed by atoms with van der Waals surface area (Å²) in [5, 5.41) is 8.70. The average Bonchev–Trinajstić information content (AvgIpc) is 1.92. The van der Waals surface area contributed by atoms with Crippen LogP contribution < -0.4 is 0 Å². The van der Waals surface area contributed by atoms with Gasteiger partial charge < -0.3 is 5.11 Å². The van der Waals surface area contributed by atoms with E-state index in [1.54, 1.807) is 0 Å². The first-order valence-electron chi connectivity index (χ1n) is 4.74. The standard InChI is InChI=1S/C10H18O2.Zn/c1-10(2)6-4-3-5-8(10)7-9(11)12;/h8H,3-7H2,1-2H3,(H,11,12);. The van der Waals surface area contributed by atoms with Gasteiger partial charge in [0.2, 0.25) is 0 Å². The van der Waals surface area contributed by atoms with Gasteiger partial charge in [-0.15, -0.1) is 0 Å². The summed E-state index contributed by atoms with van der Waals surface area (Å²) in [6.07, 6.45) is 5.11. The van der Waals surface area contributed by atoms with E-state index < -0.39 is 5.97 Å². The summed E-state index contributed by atoms with van der Waals surface area (Å²) < 4.78 is 0. The van der Waals surface area contributed by atoms with Crippen molar-refractivity contribution in [3.63, 3.8) is 0 Å². The number of aliphatic carboxylic acids is 1. The molecule has 0 saturated heterocycles. The smallest absolute Gasteiger partial charge is 0.303 e. The first-order chi connectivity index (χ1) is 5.52. The Balaban J connectivity index is 0.00000144. The fourth-order valence-corrected chi connectivity index (χ4v) is 2.16. The van der Waals surface area contributed by atoms with E-state index in [-0.39, 0.29) is 24.9 Å². The Labute approximate surface area is 92.9 Å². The minimum atomic E-state index is -0.644. The largest absolute Gasteiger partial charge is 0.481 e. The van der Waals surface area contributed by atoms with Crippen LogP contribution in [-0.4, -0.2) is 11.1 Å². The quantitative estimate of drug-likeness (QED) is 0.748. The maximum atomic E-state index is 10.6. The zero-order valence-electron chi connectivity index (χ0n) is 8.68. The molecule has 1 unspecified atom stereocenters. The maximum absolute atomic E-state index is 10.6. The van der Waals surface area contributed by atoms with E-state index in [0.29, 0.717) is 12.3 Å². The third-order valence-electron chi connectivity index (χ3n) is 3.15. The molecular formula is C10H18O2Zn. The second kappa shape index (κ2) is 5.09. The first kappa shape index (κ1) is 13.1. The number of carbonyl (C=O) groups is 1. The second-order valence-electron chi connectivity index (χ2n) is 4.53. The molecule has 1 fully saturated rings. The summed E-state index contributed by atoms with van der Waals surface area (Å²) in [6.45, 7) is 4.39. The second-order valence-corrected chi connectivity index (χ2v) is 4.53. The number of hydrogen-bond acceptors (Lipinski definition) is 1. The number of carboxylic acid groups (broad SMARTS) is 1. The zero-order valence-corrected chi connectivity index (χ0v) is 11.6. The summed E-state index contributed by atoms with van der Waals surface area (Å²) in [7, 11) is 0. The normalized spacial score (nSPS) is 26.2. The molecule has 1 atom stereocenters. The van der Waals surface area contributed by atoms with E-state index in [1.165, 1.54) is 19.3 Å². The van der Waals surface area contributed by atoms with Crippen LogP contribution in [0.4, 0.5) is 0 Å². The Morgan fingerprint density at radius 1 is 1.46 bits per heavy atom. The molecule has 0 aromatic carbocycles. The van der Waals surface area contributed by atoms with Gasteiger partial charge in [0.25, 0.3) is 0 Å². The third kappa shape index (κ3) is 3.76. The topological polar surface area (TPSA) is 37.3 Å². The van der Waals surface area contributed by atoms with Gasteiger partial charge in [0, 0.05) is 25.9 Å². The number of hydrogen-bond donors (Lipinski definition) is 1. The molecular weight excluding hydrogens is 217 g/mol. The van der Waals surface area contributed by atoms with Crippen LogP contribution in [0.5, 0.6) is 0 Å². The predicted molar refractivity (Wildman–Crippen MR) is 48.0 cm³/mol. The van der Waals surface area contributed by atoms with Crippen molar-refractivity contribution in [3.8, 4) is 0 Å².